The highest BCUT2D eigenvalue weighted by Gasteiger charge is 2.54. The van der Waals surface area contributed by atoms with Gasteiger partial charge in [-0.3, -0.25) is 9.47 Å². The molecule has 7 rings (SSSR count). The van der Waals surface area contributed by atoms with Crippen molar-refractivity contribution in [2.24, 2.45) is 5.41 Å². The van der Waals surface area contributed by atoms with E-state index in [1.165, 1.54) is 37.1 Å². The van der Waals surface area contributed by atoms with Gasteiger partial charge in [0.15, 0.2) is 23.1 Å². The quantitative estimate of drug-likeness (QED) is 0.322. The van der Waals surface area contributed by atoms with Gasteiger partial charge in [0.25, 0.3) is 0 Å². The molecule has 2 aromatic carbocycles. The summed E-state index contributed by atoms with van der Waals surface area (Å²) >= 11 is 0. The highest BCUT2D eigenvalue weighted by atomic mass is 19.1. The third-order valence-corrected chi connectivity index (χ3v) is 7.83. The van der Waals surface area contributed by atoms with Gasteiger partial charge in [-0.1, -0.05) is 6.07 Å². The Morgan fingerprint density at radius 3 is 2.35 bits per heavy atom. The van der Waals surface area contributed by atoms with Crippen LogP contribution in [0, 0.1) is 28.7 Å². The molecule has 2 saturated heterocycles. The number of hydrogen-bond acceptors (Lipinski definition) is 6. The molecule has 2 aliphatic heterocycles. The number of hydrogen-bond donors (Lipinski definition) is 0. The maximum absolute atomic E-state index is 15.0. The number of pyridine rings is 1. The molecular weight excluding hydrogens is 528 g/mol. The van der Waals surface area contributed by atoms with E-state index in [9.17, 15) is 18.0 Å². The molecule has 0 atom stereocenters. The first-order chi connectivity index (χ1) is 19.3. The molecule has 1 saturated carbocycles. The average molecular weight is 553 g/mol. The number of nitrogens with zero attached hydrogens (tertiary/aromatic N) is 6. The Kier molecular flexibility index (Phi) is 5.70. The minimum Gasteiger partial charge on any atom is -0.451 e. The predicted octanol–water partition coefficient (Wildman–Crippen LogP) is 4.11. The number of halogens is 4. The standard InChI is InChI=1S/C28H24F4N6O2/c29-20-2-1-3-21(30)19(20)11-35-16-34-38(27(35)39)18-6-7-24(22(31)8-18)40-25-9-26(33-10-23(25)32)37-14-28(15-37)12-36(13-28)17-4-5-17/h1-3,6-10,16-17H,4-5,11-15H2. The van der Waals surface area contributed by atoms with Crippen molar-refractivity contribution < 1.29 is 22.3 Å². The zero-order valence-electron chi connectivity index (χ0n) is 21.2. The van der Waals surface area contributed by atoms with Crippen LogP contribution in [0.2, 0.25) is 0 Å². The van der Waals surface area contributed by atoms with Crippen molar-refractivity contribution in [2.75, 3.05) is 31.1 Å². The van der Waals surface area contributed by atoms with E-state index in [0.29, 0.717) is 5.82 Å². The first kappa shape index (κ1) is 24.8. The fourth-order valence-electron chi connectivity index (χ4n) is 5.60. The van der Waals surface area contributed by atoms with E-state index >= 15 is 4.39 Å². The summed E-state index contributed by atoms with van der Waals surface area (Å²) in [4.78, 5) is 21.6. The minimum absolute atomic E-state index is 0.0603. The summed E-state index contributed by atoms with van der Waals surface area (Å²) < 4.78 is 65.0. The first-order valence-electron chi connectivity index (χ1n) is 13.0. The minimum atomic E-state index is -0.852. The highest BCUT2D eigenvalue weighted by molar-refractivity contribution is 5.50. The van der Waals surface area contributed by atoms with Crippen LogP contribution in [-0.4, -0.2) is 56.5 Å². The summed E-state index contributed by atoms with van der Waals surface area (Å²) in [5.74, 6) is -3.03. The highest BCUT2D eigenvalue weighted by Crippen LogP contribution is 2.46. The SMILES string of the molecule is O=c1n(Cc2c(F)cccc2F)cnn1-c1ccc(Oc2cc(N3CC4(C3)CN(C3CC3)C4)ncc2F)c(F)c1. The van der Waals surface area contributed by atoms with Crippen molar-refractivity contribution in [3.63, 3.8) is 0 Å². The van der Waals surface area contributed by atoms with Gasteiger partial charge in [-0.15, -0.1) is 0 Å². The Hall–Kier alpha value is -4.19. The molecular formula is C28H24F4N6O2. The average Bonchev–Trinajstić information content (AvgIpc) is 3.65. The second-order valence-corrected chi connectivity index (χ2v) is 10.8. The van der Waals surface area contributed by atoms with Gasteiger partial charge in [0.05, 0.1) is 18.4 Å². The molecule has 0 radical (unpaired) electrons. The van der Waals surface area contributed by atoms with Crippen LogP contribution in [0.4, 0.5) is 23.4 Å². The molecule has 12 heteroatoms. The molecule has 1 spiro atoms. The second-order valence-electron chi connectivity index (χ2n) is 10.8. The van der Waals surface area contributed by atoms with E-state index in [1.54, 1.807) is 0 Å². The largest absolute Gasteiger partial charge is 0.451 e. The zero-order valence-corrected chi connectivity index (χ0v) is 21.2. The molecule has 1 aliphatic carbocycles. The third kappa shape index (κ3) is 4.32. The van der Waals surface area contributed by atoms with Crippen molar-refractivity contribution in [1.82, 2.24) is 24.2 Å². The smallest absolute Gasteiger partial charge is 0.350 e. The van der Waals surface area contributed by atoms with Gasteiger partial charge < -0.3 is 9.64 Å². The normalized spacial score (nSPS) is 18.1. The Balaban J connectivity index is 1.06. The van der Waals surface area contributed by atoms with Gasteiger partial charge in [-0.25, -0.2) is 27.3 Å². The van der Waals surface area contributed by atoms with Gasteiger partial charge in [0.2, 0.25) is 0 Å². The van der Waals surface area contributed by atoms with Crippen LogP contribution < -0.4 is 15.3 Å². The van der Waals surface area contributed by atoms with Crippen molar-refractivity contribution in [2.45, 2.75) is 25.4 Å². The van der Waals surface area contributed by atoms with Crippen LogP contribution in [0.15, 0.2) is 59.8 Å². The lowest BCUT2D eigenvalue weighted by atomic mass is 9.72. The Bertz CT molecular complexity index is 1650. The van der Waals surface area contributed by atoms with Gasteiger partial charge in [-0.2, -0.15) is 9.78 Å². The molecule has 0 amide bonds. The van der Waals surface area contributed by atoms with Gasteiger partial charge in [0.1, 0.15) is 23.8 Å². The lowest BCUT2D eigenvalue weighted by molar-refractivity contribution is -0.0278. The number of rotatable bonds is 7. The summed E-state index contributed by atoms with van der Waals surface area (Å²) in [5, 5.41) is 3.94. The molecule has 206 valence electrons. The fraction of sp³-hybridized carbons (Fsp3) is 0.321. The van der Waals surface area contributed by atoms with E-state index in [4.69, 9.17) is 4.74 Å². The number of benzene rings is 2. The van der Waals surface area contributed by atoms with E-state index in [-0.39, 0.29) is 34.7 Å². The molecule has 40 heavy (non-hydrogen) atoms. The lowest BCUT2D eigenvalue weighted by Gasteiger charge is -2.61. The third-order valence-electron chi connectivity index (χ3n) is 7.83. The molecule has 0 N–H and O–H groups in total. The summed E-state index contributed by atoms with van der Waals surface area (Å²) in [6, 6.07) is 9.26. The zero-order chi connectivity index (χ0) is 27.6. The van der Waals surface area contributed by atoms with Crippen molar-refractivity contribution in [3.05, 3.63) is 94.3 Å². The van der Waals surface area contributed by atoms with Gasteiger partial charge in [-0.05, 0) is 37.1 Å². The van der Waals surface area contributed by atoms with Crippen LogP contribution in [0.3, 0.4) is 0 Å². The number of anilines is 1. The predicted molar refractivity (Wildman–Crippen MR) is 137 cm³/mol. The van der Waals surface area contributed by atoms with E-state index in [1.807, 2.05) is 0 Å². The maximum atomic E-state index is 15.0. The van der Waals surface area contributed by atoms with Gasteiger partial charge >= 0.3 is 5.69 Å². The van der Waals surface area contributed by atoms with E-state index in [2.05, 4.69) is 19.9 Å². The second kappa shape index (κ2) is 9.19. The molecule has 4 aromatic rings. The molecule has 3 aliphatic rings. The van der Waals surface area contributed by atoms with E-state index < -0.39 is 29.0 Å². The van der Waals surface area contributed by atoms with Crippen LogP contribution >= 0.6 is 0 Å². The molecule has 2 aromatic heterocycles. The number of ether oxygens (including phenoxy) is 1. The Morgan fingerprint density at radius 2 is 1.65 bits per heavy atom. The Labute approximate surface area is 226 Å². The topological polar surface area (TPSA) is 68.4 Å². The molecule has 4 heterocycles. The van der Waals surface area contributed by atoms with Gasteiger partial charge in [0, 0.05) is 55.3 Å². The van der Waals surface area contributed by atoms with Crippen LogP contribution in [0.1, 0.15) is 18.4 Å². The maximum Gasteiger partial charge on any atom is 0.350 e. The molecule has 0 bridgehead atoms. The number of likely N-dealkylation sites (tertiary alicyclic amines) is 1. The molecule has 3 fully saturated rings. The van der Waals surface area contributed by atoms with Crippen LogP contribution in [-0.2, 0) is 6.54 Å². The lowest BCUT2D eigenvalue weighted by Crippen LogP contribution is -2.72. The van der Waals surface area contributed by atoms with Crippen molar-refractivity contribution in [3.8, 4) is 17.2 Å². The summed E-state index contributed by atoms with van der Waals surface area (Å²) in [7, 11) is 0. The van der Waals surface area contributed by atoms with Crippen LogP contribution in [0.25, 0.3) is 5.69 Å². The summed E-state index contributed by atoms with van der Waals surface area (Å²) in [6.45, 7) is 3.45. The van der Waals surface area contributed by atoms with Crippen molar-refractivity contribution in [1.29, 1.82) is 0 Å². The molecule has 0 unspecified atom stereocenters. The van der Waals surface area contributed by atoms with E-state index in [0.717, 1.165) is 72.2 Å². The number of aromatic nitrogens is 4. The van der Waals surface area contributed by atoms with Crippen molar-refractivity contribution >= 4 is 5.82 Å². The summed E-state index contributed by atoms with van der Waals surface area (Å²) in [6.07, 6.45) is 4.74. The Morgan fingerprint density at radius 1 is 0.900 bits per heavy atom. The monoisotopic (exact) mass is 552 g/mol. The molecule has 8 nitrogen and oxygen atoms in total. The first-order valence-corrected chi connectivity index (χ1v) is 13.0. The van der Waals surface area contributed by atoms with Crippen LogP contribution in [0.5, 0.6) is 11.5 Å². The summed E-state index contributed by atoms with van der Waals surface area (Å²) in [5.41, 5.74) is -0.681. The fourth-order valence-corrected chi connectivity index (χ4v) is 5.60.